The first-order valence-electron chi connectivity index (χ1n) is 21.0. The van der Waals surface area contributed by atoms with Gasteiger partial charge in [-0.25, -0.2) is 4.98 Å². The molecule has 0 radical (unpaired) electrons. The number of imidazole rings is 1. The summed E-state index contributed by atoms with van der Waals surface area (Å²) in [5.74, 6) is 0.967. The zero-order chi connectivity index (χ0) is 41.8. The molecule has 0 atom stereocenters. The Morgan fingerprint density at radius 3 is 2.08 bits per heavy atom. The number of phenols is 1. The summed E-state index contributed by atoms with van der Waals surface area (Å²) in [5.41, 5.74) is 17.4. The van der Waals surface area contributed by atoms with Crippen molar-refractivity contribution in [1.29, 1.82) is 0 Å². The van der Waals surface area contributed by atoms with Gasteiger partial charge < -0.3 is 9.51 Å². The number of hydrogen-bond acceptors (Lipinski definition) is 3. The van der Waals surface area contributed by atoms with Crippen LogP contribution in [0, 0.1) is 20.8 Å². The summed E-state index contributed by atoms with van der Waals surface area (Å²) < 4.78 is 4.67. The number of benzene rings is 6. The second kappa shape index (κ2) is 13.4. The fourth-order valence-electron chi connectivity index (χ4n) is 9.34. The van der Waals surface area contributed by atoms with Crippen molar-refractivity contribution in [2.24, 2.45) is 0 Å². The topological polar surface area (TPSA) is 55.3 Å². The van der Waals surface area contributed by atoms with E-state index in [1.165, 1.54) is 38.5 Å². The molecule has 0 aliphatic rings. The van der Waals surface area contributed by atoms with E-state index in [-0.39, 0.29) is 16.6 Å². The normalized spacial score (nSPS) is 12.5. The molecule has 4 heterocycles. The number of rotatable bonds is 4. The quantitative estimate of drug-likeness (QED) is 0.181. The number of aromatic hydroxyl groups is 1. The Kier molecular flexibility index (Phi) is 8.39. The van der Waals surface area contributed by atoms with E-state index in [0.717, 1.165) is 72.1 Å². The summed E-state index contributed by atoms with van der Waals surface area (Å²) in [7, 11) is 0. The van der Waals surface area contributed by atoms with E-state index in [0.29, 0.717) is 5.82 Å². The lowest BCUT2D eigenvalue weighted by molar-refractivity contribution is 0.446. The molecular weight excluding hydrogens is 733 g/mol. The van der Waals surface area contributed by atoms with Gasteiger partial charge in [0.25, 0.3) is 0 Å². The lowest BCUT2D eigenvalue weighted by atomic mass is 9.79. The highest BCUT2D eigenvalue weighted by Crippen LogP contribution is 2.46. The smallest absolute Gasteiger partial charge is 0.149 e. The molecule has 0 saturated heterocycles. The Morgan fingerprint density at radius 1 is 0.567 bits per heavy atom. The average Bonchev–Trinajstić information content (AvgIpc) is 3.79. The molecule has 296 valence electrons. The number of phenolic OH excluding ortho intramolecular Hbond substituents is 1. The largest absolute Gasteiger partial charge is 0.507 e. The molecule has 4 aromatic heterocycles. The number of nitrogens with zero attached hydrogens (tertiary/aromatic N) is 4. The van der Waals surface area contributed by atoms with Gasteiger partial charge in [0.1, 0.15) is 11.6 Å². The van der Waals surface area contributed by atoms with E-state index < -0.39 is 0 Å². The zero-order valence-electron chi connectivity index (χ0n) is 35.9. The zero-order valence-corrected chi connectivity index (χ0v) is 35.9. The van der Waals surface area contributed by atoms with Crippen molar-refractivity contribution < 1.29 is 5.11 Å². The van der Waals surface area contributed by atoms with Crippen molar-refractivity contribution in [3.05, 3.63) is 161 Å². The minimum absolute atomic E-state index is 0.168. The summed E-state index contributed by atoms with van der Waals surface area (Å²) in [5, 5.41) is 16.0. The van der Waals surface area contributed by atoms with E-state index in [1.807, 2.05) is 6.20 Å². The first kappa shape index (κ1) is 37.5. The van der Waals surface area contributed by atoms with E-state index in [2.05, 4.69) is 199 Å². The number of para-hydroxylation sites is 2. The van der Waals surface area contributed by atoms with E-state index in [9.17, 15) is 5.11 Å². The van der Waals surface area contributed by atoms with Crippen LogP contribution in [0.3, 0.4) is 0 Å². The van der Waals surface area contributed by atoms with Crippen LogP contribution in [0.4, 0.5) is 0 Å². The van der Waals surface area contributed by atoms with Crippen molar-refractivity contribution in [1.82, 2.24) is 18.9 Å². The predicted octanol–water partition coefficient (Wildman–Crippen LogP) is 14.4. The Labute approximate surface area is 351 Å². The standard InChI is InChI=1S/C55H50N4O/c1-32-22-23-45(40(26-32)35-16-11-10-12-17-35)59-46-21-15-19-39(49(46)57-53(59)42-30-38(54(4,5)6)31-43(52(42)60)55(7,8)9)37-27-34(3)48-41(28-37)50-51(33(2)24-25-56-50)58-44-20-14-13-18-36(44)29-47(48)58/h10-31,60H,1-9H3. The molecule has 6 aromatic carbocycles. The van der Waals surface area contributed by atoms with Crippen molar-refractivity contribution >= 4 is 49.3 Å². The van der Waals surface area contributed by atoms with E-state index in [4.69, 9.17) is 9.97 Å². The van der Waals surface area contributed by atoms with Gasteiger partial charge in [0, 0.05) is 39.0 Å². The average molecular weight is 783 g/mol. The first-order chi connectivity index (χ1) is 28.7. The molecule has 0 saturated carbocycles. The maximum absolute atomic E-state index is 12.4. The van der Waals surface area contributed by atoms with Crippen LogP contribution in [0.25, 0.3) is 88.6 Å². The van der Waals surface area contributed by atoms with Gasteiger partial charge in [-0.1, -0.05) is 126 Å². The van der Waals surface area contributed by atoms with Gasteiger partial charge in [-0.3, -0.25) is 9.55 Å². The van der Waals surface area contributed by atoms with E-state index >= 15 is 0 Å². The van der Waals surface area contributed by atoms with Crippen LogP contribution in [-0.2, 0) is 10.8 Å². The maximum atomic E-state index is 12.4. The van der Waals surface area contributed by atoms with Gasteiger partial charge in [-0.2, -0.15) is 0 Å². The molecule has 1 N–H and O–H groups in total. The molecule has 0 fully saturated rings. The molecule has 10 rings (SSSR count). The second-order valence-electron chi connectivity index (χ2n) is 18.7. The highest BCUT2D eigenvalue weighted by molar-refractivity contribution is 6.17. The number of pyridine rings is 2. The monoisotopic (exact) mass is 782 g/mol. The Bertz CT molecular complexity index is 3370. The Morgan fingerprint density at radius 2 is 1.32 bits per heavy atom. The van der Waals surface area contributed by atoms with Gasteiger partial charge in [-0.05, 0) is 108 Å². The molecule has 60 heavy (non-hydrogen) atoms. The van der Waals surface area contributed by atoms with Crippen molar-refractivity contribution in [3.63, 3.8) is 0 Å². The lowest BCUT2D eigenvalue weighted by Gasteiger charge is -2.27. The molecule has 0 amide bonds. The molecular formula is C55H50N4O. The van der Waals surface area contributed by atoms with Gasteiger partial charge in [0.15, 0.2) is 0 Å². The number of aryl methyl sites for hydroxylation is 3. The summed E-state index contributed by atoms with van der Waals surface area (Å²) >= 11 is 0. The third-order valence-electron chi connectivity index (χ3n) is 12.4. The molecule has 0 aliphatic carbocycles. The molecule has 5 nitrogen and oxygen atoms in total. The minimum Gasteiger partial charge on any atom is -0.507 e. The van der Waals surface area contributed by atoms with Gasteiger partial charge in [-0.15, -0.1) is 0 Å². The summed E-state index contributed by atoms with van der Waals surface area (Å²) in [6, 6.07) is 45.7. The van der Waals surface area contributed by atoms with Crippen LogP contribution >= 0.6 is 0 Å². The van der Waals surface area contributed by atoms with Gasteiger partial charge in [0.2, 0.25) is 0 Å². The van der Waals surface area contributed by atoms with Gasteiger partial charge >= 0.3 is 0 Å². The molecule has 0 bridgehead atoms. The van der Waals surface area contributed by atoms with Crippen LogP contribution in [-0.4, -0.2) is 24.0 Å². The highest BCUT2D eigenvalue weighted by atomic mass is 16.3. The van der Waals surface area contributed by atoms with Crippen LogP contribution in [0.5, 0.6) is 5.75 Å². The molecule has 10 aromatic rings. The number of aromatic nitrogens is 4. The van der Waals surface area contributed by atoms with Crippen LogP contribution in [0.2, 0.25) is 0 Å². The van der Waals surface area contributed by atoms with Crippen molar-refractivity contribution in [3.8, 4) is 45.1 Å². The summed E-state index contributed by atoms with van der Waals surface area (Å²) in [6.07, 6.45) is 1.93. The number of hydrogen-bond donors (Lipinski definition) is 1. The van der Waals surface area contributed by atoms with Crippen LogP contribution in [0.1, 0.15) is 69.4 Å². The van der Waals surface area contributed by atoms with Gasteiger partial charge in [0.05, 0.1) is 44.4 Å². The summed E-state index contributed by atoms with van der Waals surface area (Å²) in [6.45, 7) is 19.7. The molecule has 0 aliphatic heterocycles. The van der Waals surface area contributed by atoms with Crippen molar-refractivity contribution in [2.45, 2.75) is 73.1 Å². The number of fused-ring (bicyclic) bond motifs is 9. The fraction of sp³-hybridized carbons (Fsp3) is 0.200. The molecule has 0 unspecified atom stereocenters. The van der Waals surface area contributed by atoms with Crippen LogP contribution < -0.4 is 0 Å². The van der Waals surface area contributed by atoms with Crippen molar-refractivity contribution in [2.75, 3.05) is 0 Å². The molecule has 0 spiro atoms. The predicted molar refractivity (Wildman–Crippen MR) is 252 cm³/mol. The second-order valence-corrected chi connectivity index (χ2v) is 18.7. The SMILES string of the molecule is Cc1ccc(-n2c(-c3cc(C(C)(C)C)cc(C(C)(C)C)c3O)nc3c(-c4cc(C)c5c(c4)c4nccc(C)c4n4c6ccccc6cc54)cccc32)c(-c2ccccc2)c1. The Hall–Kier alpha value is -6.72. The molecule has 5 heteroatoms. The lowest BCUT2D eigenvalue weighted by Crippen LogP contribution is -2.17. The third kappa shape index (κ3) is 5.82. The fourth-order valence-corrected chi connectivity index (χ4v) is 9.34. The maximum Gasteiger partial charge on any atom is 0.149 e. The first-order valence-corrected chi connectivity index (χ1v) is 21.0. The third-order valence-corrected chi connectivity index (χ3v) is 12.4. The van der Waals surface area contributed by atoms with Crippen LogP contribution in [0.15, 0.2) is 134 Å². The van der Waals surface area contributed by atoms with E-state index in [1.54, 1.807) is 0 Å². The highest BCUT2D eigenvalue weighted by Gasteiger charge is 2.29. The minimum atomic E-state index is -0.309. The Balaban J connectivity index is 1.32. The summed E-state index contributed by atoms with van der Waals surface area (Å²) in [4.78, 5) is 10.7.